The van der Waals surface area contributed by atoms with Gasteiger partial charge in [-0.3, -0.25) is 24.3 Å². The molecule has 5 rings (SSSR count). The Kier molecular flexibility index (Phi) is 6.24. The summed E-state index contributed by atoms with van der Waals surface area (Å²) in [5.41, 5.74) is 4.92. The third-order valence-corrected chi connectivity index (χ3v) is 7.14. The minimum atomic E-state index is -1.01. The van der Waals surface area contributed by atoms with E-state index >= 15 is 0 Å². The van der Waals surface area contributed by atoms with E-state index in [-0.39, 0.29) is 30.7 Å². The lowest BCUT2D eigenvalue weighted by Gasteiger charge is -2.54. The number of rotatable bonds is 5. The molecule has 1 fully saturated rings. The van der Waals surface area contributed by atoms with Crippen LogP contribution in [0.4, 0.5) is 8.78 Å². The molecule has 2 aliphatic heterocycles. The highest BCUT2D eigenvalue weighted by Crippen LogP contribution is 2.35. The second-order valence-corrected chi connectivity index (χ2v) is 9.49. The van der Waals surface area contributed by atoms with Crippen molar-refractivity contribution < 1.29 is 23.5 Å². The number of carbonyl (C=O) groups is 2. The van der Waals surface area contributed by atoms with Gasteiger partial charge in [0.05, 0.1) is 6.54 Å². The summed E-state index contributed by atoms with van der Waals surface area (Å²) in [6.07, 6.45) is 4.72. The molecule has 2 amide bonds. The van der Waals surface area contributed by atoms with E-state index in [1.807, 2.05) is 17.9 Å². The fourth-order valence-corrected chi connectivity index (χ4v) is 5.44. The highest BCUT2D eigenvalue weighted by atomic mass is 19.1. The van der Waals surface area contributed by atoms with Gasteiger partial charge in [-0.05, 0) is 43.0 Å². The molecule has 1 aromatic carbocycles. The molecule has 2 aliphatic rings. The fourth-order valence-electron chi connectivity index (χ4n) is 5.44. The SMILES string of the molecule is CC1CC(Cc2ccc(F)cc2F)N(Cc2cccnc2)C2Cn3cc(C(N)=O)c(=O)c(O)c3C(=O)N12. The molecule has 1 saturated heterocycles. The van der Waals surface area contributed by atoms with E-state index in [0.717, 1.165) is 11.6 Å². The molecule has 0 radical (unpaired) electrons. The van der Waals surface area contributed by atoms with Gasteiger partial charge in [-0.1, -0.05) is 12.1 Å². The number of amides is 2. The molecule has 0 spiro atoms. The third-order valence-electron chi connectivity index (χ3n) is 7.14. The molecule has 192 valence electrons. The summed E-state index contributed by atoms with van der Waals surface area (Å²) in [7, 11) is 0. The molecule has 0 aliphatic carbocycles. The molecule has 11 heteroatoms. The van der Waals surface area contributed by atoms with Crippen LogP contribution in [-0.4, -0.2) is 54.5 Å². The zero-order chi connectivity index (χ0) is 26.4. The molecule has 2 aromatic heterocycles. The van der Waals surface area contributed by atoms with E-state index in [9.17, 15) is 28.3 Å². The average molecular weight is 510 g/mol. The van der Waals surface area contributed by atoms with Crippen LogP contribution < -0.4 is 11.2 Å². The van der Waals surface area contributed by atoms with Gasteiger partial charge < -0.3 is 20.3 Å². The number of aromatic hydroxyl groups is 1. The Bertz CT molecular complexity index is 1440. The highest BCUT2D eigenvalue weighted by Gasteiger charge is 2.46. The predicted molar refractivity (Wildman–Crippen MR) is 129 cm³/mol. The van der Waals surface area contributed by atoms with Crippen LogP contribution in [-0.2, 0) is 19.5 Å². The van der Waals surface area contributed by atoms with Gasteiger partial charge in [-0.2, -0.15) is 0 Å². The highest BCUT2D eigenvalue weighted by molar-refractivity contribution is 5.98. The third kappa shape index (κ3) is 4.35. The quantitative estimate of drug-likeness (QED) is 0.543. The summed E-state index contributed by atoms with van der Waals surface area (Å²) in [4.78, 5) is 45.7. The van der Waals surface area contributed by atoms with Gasteiger partial charge in [0, 0.05) is 43.3 Å². The van der Waals surface area contributed by atoms with Crippen LogP contribution in [0, 0.1) is 11.6 Å². The van der Waals surface area contributed by atoms with Crippen LogP contribution in [0.2, 0.25) is 0 Å². The number of halogens is 2. The number of benzene rings is 1. The summed E-state index contributed by atoms with van der Waals surface area (Å²) < 4.78 is 29.5. The van der Waals surface area contributed by atoms with Crippen molar-refractivity contribution in [3.63, 3.8) is 0 Å². The van der Waals surface area contributed by atoms with E-state index < -0.39 is 46.4 Å². The monoisotopic (exact) mass is 509 g/mol. The van der Waals surface area contributed by atoms with E-state index in [2.05, 4.69) is 4.98 Å². The first-order chi connectivity index (χ1) is 17.7. The topological polar surface area (TPSA) is 122 Å². The molecule has 9 nitrogen and oxygen atoms in total. The molecule has 0 saturated carbocycles. The predicted octanol–water partition coefficient (Wildman–Crippen LogP) is 2.01. The van der Waals surface area contributed by atoms with Crippen molar-refractivity contribution in [2.75, 3.05) is 0 Å². The Hall–Kier alpha value is -4.12. The minimum absolute atomic E-state index is 0.127. The van der Waals surface area contributed by atoms with Crippen LogP contribution in [0.15, 0.2) is 53.7 Å². The van der Waals surface area contributed by atoms with E-state index in [0.29, 0.717) is 18.5 Å². The van der Waals surface area contributed by atoms with E-state index in [1.54, 1.807) is 23.4 Å². The number of primary amides is 1. The number of nitrogens with two attached hydrogens (primary N) is 1. The fraction of sp³-hybridized carbons (Fsp3) is 0.308. The van der Waals surface area contributed by atoms with Gasteiger partial charge in [-0.25, -0.2) is 8.78 Å². The van der Waals surface area contributed by atoms with Crippen molar-refractivity contribution in [2.24, 2.45) is 5.73 Å². The summed E-state index contributed by atoms with van der Waals surface area (Å²) in [6.45, 7) is 2.35. The van der Waals surface area contributed by atoms with Crippen molar-refractivity contribution in [3.05, 3.63) is 93.2 Å². The number of hydrogen-bond acceptors (Lipinski definition) is 6. The molecule has 3 atom stereocenters. The minimum Gasteiger partial charge on any atom is -0.503 e. The van der Waals surface area contributed by atoms with Crippen molar-refractivity contribution in [1.82, 2.24) is 19.4 Å². The average Bonchev–Trinajstić information content (AvgIpc) is 2.85. The largest absolute Gasteiger partial charge is 0.503 e. The number of nitrogens with zero attached hydrogens (tertiary/aromatic N) is 4. The Morgan fingerprint density at radius 2 is 2.03 bits per heavy atom. The molecule has 3 N–H and O–H groups in total. The Balaban J connectivity index is 1.59. The first-order valence-corrected chi connectivity index (χ1v) is 11.8. The first kappa shape index (κ1) is 24.6. The number of pyridine rings is 2. The number of fused-ring (bicyclic) bond motifs is 2. The second-order valence-electron chi connectivity index (χ2n) is 9.49. The summed E-state index contributed by atoms with van der Waals surface area (Å²) >= 11 is 0. The van der Waals surface area contributed by atoms with Gasteiger partial charge in [0.1, 0.15) is 23.4 Å². The maximum absolute atomic E-state index is 14.6. The molecule has 0 bridgehead atoms. The van der Waals surface area contributed by atoms with Crippen molar-refractivity contribution >= 4 is 11.8 Å². The van der Waals surface area contributed by atoms with Gasteiger partial charge in [-0.15, -0.1) is 0 Å². The number of carbonyl (C=O) groups excluding carboxylic acids is 2. The van der Waals surface area contributed by atoms with Crippen LogP contribution in [0.25, 0.3) is 0 Å². The first-order valence-electron chi connectivity index (χ1n) is 11.8. The number of aromatic nitrogens is 2. The summed E-state index contributed by atoms with van der Waals surface area (Å²) in [5.74, 6) is -3.70. The van der Waals surface area contributed by atoms with E-state index in [1.165, 1.54) is 22.9 Å². The molecular formula is C26H25F2N5O4. The van der Waals surface area contributed by atoms with Crippen molar-refractivity contribution in [3.8, 4) is 5.75 Å². The standard InChI is InChI=1S/C26H25F2N5O4/c1-14-7-18(8-16-4-5-17(27)9-20(16)28)32(11-15-3-2-6-30-10-15)21-13-31-12-19(25(29)36)23(34)24(35)22(31)26(37)33(14)21/h2-6,9-10,12,14,18,21,35H,7-8,11,13H2,1H3,(H2,29,36). The molecular weight excluding hydrogens is 484 g/mol. The normalized spacial score (nSPS) is 21.4. The molecule has 3 unspecified atom stereocenters. The Morgan fingerprint density at radius 1 is 1.24 bits per heavy atom. The van der Waals surface area contributed by atoms with Gasteiger partial charge in [0.2, 0.25) is 5.43 Å². The molecule has 4 heterocycles. The van der Waals surface area contributed by atoms with Crippen LogP contribution in [0.1, 0.15) is 45.3 Å². The lowest BCUT2D eigenvalue weighted by molar-refractivity contribution is -0.0656. The van der Waals surface area contributed by atoms with Gasteiger partial charge in [0.25, 0.3) is 11.8 Å². The Labute approximate surface area is 210 Å². The van der Waals surface area contributed by atoms with Crippen LogP contribution >= 0.6 is 0 Å². The maximum atomic E-state index is 14.6. The summed E-state index contributed by atoms with van der Waals surface area (Å²) in [6, 6.07) is 6.60. The van der Waals surface area contributed by atoms with Crippen molar-refractivity contribution in [1.29, 1.82) is 0 Å². The zero-order valence-corrected chi connectivity index (χ0v) is 20.0. The smallest absolute Gasteiger partial charge is 0.276 e. The lowest BCUT2D eigenvalue weighted by atomic mass is 9.91. The van der Waals surface area contributed by atoms with Crippen molar-refractivity contribution in [2.45, 2.75) is 51.1 Å². The second kappa shape index (κ2) is 9.40. The van der Waals surface area contributed by atoms with E-state index in [4.69, 9.17) is 5.73 Å². The Morgan fingerprint density at radius 3 is 2.70 bits per heavy atom. The maximum Gasteiger partial charge on any atom is 0.276 e. The number of hydrogen-bond donors (Lipinski definition) is 2. The lowest BCUT2D eigenvalue weighted by Crippen LogP contribution is -2.66. The zero-order valence-electron chi connectivity index (χ0n) is 20.0. The van der Waals surface area contributed by atoms with Crippen LogP contribution in [0.3, 0.4) is 0 Å². The van der Waals surface area contributed by atoms with Gasteiger partial charge >= 0.3 is 0 Å². The van der Waals surface area contributed by atoms with Crippen LogP contribution in [0.5, 0.6) is 5.75 Å². The summed E-state index contributed by atoms with van der Waals surface area (Å²) in [5, 5.41) is 10.5. The van der Waals surface area contributed by atoms with Gasteiger partial charge in [0.15, 0.2) is 11.4 Å². The molecule has 3 aromatic rings. The molecule has 37 heavy (non-hydrogen) atoms.